The van der Waals surface area contributed by atoms with Gasteiger partial charge in [0.15, 0.2) is 6.10 Å². The summed E-state index contributed by atoms with van der Waals surface area (Å²) in [7, 11) is -3.70. The minimum absolute atomic E-state index is 0.0336. The fraction of sp³-hybridized carbons (Fsp3) is 0.381. The molecule has 0 radical (unpaired) electrons. The summed E-state index contributed by atoms with van der Waals surface area (Å²) in [4.78, 5) is 28.8. The fourth-order valence-corrected chi connectivity index (χ4v) is 4.85. The van der Waals surface area contributed by atoms with Gasteiger partial charge in [0.2, 0.25) is 10.0 Å². The first-order valence-electron chi connectivity index (χ1n) is 10.0. The summed E-state index contributed by atoms with van der Waals surface area (Å²) < 4.78 is 32.6. The normalized spacial score (nSPS) is 16.2. The predicted octanol–water partition coefficient (Wildman–Crippen LogP) is 3.48. The molecule has 0 spiro atoms. The molecule has 2 heterocycles. The molecule has 1 amide bonds. The lowest BCUT2D eigenvalue weighted by Gasteiger charge is -2.20. The van der Waals surface area contributed by atoms with Gasteiger partial charge in [0, 0.05) is 19.3 Å². The third kappa shape index (κ3) is 6.03. The van der Waals surface area contributed by atoms with Crippen molar-refractivity contribution >= 4 is 39.3 Å². The lowest BCUT2D eigenvalue weighted by Crippen LogP contribution is -2.32. The molecule has 1 N–H and O–H groups in total. The van der Waals surface area contributed by atoms with Gasteiger partial charge in [0.1, 0.15) is 5.82 Å². The van der Waals surface area contributed by atoms with Crippen LogP contribution in [0.4, 0.5) is 5.82 Å². The summed E-state index contributed by atoms with van der Waals surface area (Å²) in [6.45, 7) is 2.35. The summed E-state index contributed by atoms with van der Waals surface area (Å²) >= 11 is 5.76. The maximum Gasteiger partial charge on any atom is 0.338 e. The summed E-state index contributed by atoms with van der Waals surface area (Å²) in [5, 5.41) is 2.95. The van der Waals surface area contributed by atoms with Crippen LogP contribution in [0.1, 0.15) is 43.0 Å². The highest BCUT2D eigenvalue weighted by molar-refractivity contribution is 7.89. The predicted molar refractivity (Wildman–Crippen MR) is 116 cm³/mol. The number of benzene rings is 1. The Labute approximate surface area is 186 Å². The Morgan fingerprint density at radius 1 is 1.13 bits per heavy atom. The summed E-state index contributed by atoms with van der Waals surface area (Å²) in [5.41, 5.74) is 0.0557. The van der Waals surface area contributed by atoms with Gasteiger partial charge in [-0.1, -0.05) is 30.5 Å². The number of halogens is 1. The second-order valence-electron chi connectivity index (χ2n) is 7.24. The highest BCUT2D eigenvalue weighted by Crippen LogP contribution is 2.21. The van der Waals surface area contributed by atoms with Crippen molar-refractivity contribution in [2.75, 3.05) is 18.4 Å². The van der Waals surface area contributed by atoms with Crippen LogP contribution in [0.25, 0.3) is 0 Å². The van der Waals surface area contributed by atoms with Gasteiger partial charge in [0.05, 0.1) is 15.5 Å². The smallest absolute Gasteiger partial charge is 0.338 e. The molecule has 8 nitrogen and oxygen atoms in total. The molecule has 1 aliphatic rings. The molecule has 31 heavy (non-hydrogen) atoms. The molecular formula is C21H24ClN3O5S. The molecule has 3 rings (SSSR count). The van der Waals surface area contributed by atoms with E-state index >= 15 is 0 Å². The average Bonchev–Trinajstić information content (AvgIpc) is 3.05. The first kappa shape index (κ1) is 23.2. The Morgan fingerprint density at radius 3 is 2.48 bits per heavy atom. The minimum Gasteiger partial charge on any atom is -0.449 e. The van der Waals surface area contributed by atoms with Gasteiger partial charge in [-0.05, 0) is 50.1 Å². The van der Waals surface area contributed by atoms with E-state index in [1.807, 2.05) is 0 Å². The van der Waals surface area contributed by atoms with Gasteiger partial charge in [-0.15, -0.1) is 0 Å². The van der Waals surface area contributed by atoms with Crippen LogP contribution in [0, 0.1) is 0 Å². The molecule has 0 unspecified atom stereocenters. The molecule has 10 heteroatoms. The van der Waals surface area contributed by atoms with E-state index in [-0.39, 0.29) is 16.3 Å². The quantitative estimate of drug-likeness (QED) is 0.654. The van der Waals surface area contributed by atoms with Crippen molar-refractivity contribution < 1.29 is 22.7 Å². The van der Waals surface area contributed by atoms with E-state index in [0.717, 1.165) is 25.7 Å². The SMILES string of the molecule is C[C@H](OC(=O)c1cccc(S(=O)(=O)N2CCCCCC2)c1)C(=O)Nc1ccc(Cl)cn1. The zero-order chi connectivity index (χ0) is 22.4. The van der Waals surface area contributed by atoms with Gasteiger partial charge >= 0.3 is 5.97 Å². The highest BCUT2D eigenvalue weighted by Gasteiger charge is 2.26. The number of nitrogens with one attached hydrogen (secondary N) is 1. The van der Waals surface area contributed by atoms with Crippen molar-refractivity contribution in [3.05, 3.63) is 53.2 Å². The van der Waals surface area contributed by atoms with Crippen molar-refractivity contribution in [1.82, 2.24) is 9.29 Å². The fourth-order valence-electron chi connectivity index (χ4n) is 3.17. The third-order valence-electron chi connectivity index (χ3n) is 4.90. The Balaban J connectivity index is 1.67. The van der Waals surface area contributed by atoms with Crippen LogP contribution in [0.15, 0.2) is 47.5 Å². The van der Waals surface area contributed by atoms with Crippen molar-refractivity contribution in [3.63, 3.8) is 0 Å². The Bertz CT molecular complexity index is 1040. The summed E-state index contributed by atoms with van der Waals surface area (Å²) in [6.07, 6.45) is 3.90. The molecule has 1 aromatic heterocycles. The van der Waals surface area contributed by atoms with Crippen molar-refractivity contribution in [3.8, 4) is 0 Å². The highest BCUT2D eigenvalue weighted by atomic mass is 35.5. The van der Waals surface area contributed by atoms with Gasteiger partial charge in [0.25, 0.3) is 5.91 Å². The Hall–Kier alpha value is -2.49. The zero-order valence-electron chi connectivity index (χ0n) is 17.1. The Morgan fingerprint density at radius 2 is 1.84 bits per heavy atom. The second kappa shape index (κ2) is 10.2. The lowest BCUT2D eigenvalue weighted by molar-refractivity contribution is -0.123. The first-order chi connectivity index (χ1) is 14.8. The van der Waals surface area contributed by atoms with Crippen LogP contribution in [0.5, 0.6) is 0 Å². The third-order valence-corrected chi connectivity index (χ3v) is 7.02. The standard InChI is InChI=1S/C21H24ClN3O5S/c1-15(20(26)24-19-10-9-17(22)14-23-19)30-21(27)16-7-6-8-18(13-16)31(28,29)25-11-4-2-3-5-12-25/h6-10,13-15H,2-5,11-12H2,1H3,(H,23,24,26)/t15-/m0/s1. The van der Waals surface area contributed by atoms with Crippen molar-refractivity contribution in [2.24, 2.45) is 0 Å². The molecule has 1 saturated heterocycles. The molecule has 0 bridgehead atoms. The van der Waals surface area contributed by atoms with Crippen LogP contribution in [0.3, 0.4) is 0 Å². The molecule has 166 valence electrons. The van der Waals surface area contributed by atoms with E-state index in [0.29, 0.717) is 18.1 Å². The van der Waals surface area contributed by atoms with Gasteiger partial charge in [-0.2, -0.15) is 4.31 Å². The molecule has 1 fully saturated rings. The van der Waals surface area contributed by atoms with Gasteiger partial charge < -0.3 is 10.1 Å². The topological polar surface area (TPSA) is 106 Å². The number of hydrogen-bond acceptors (Lipinski definition) is 6. The van der Waals surface area contributed by atoms with Gasteiger partial charge in [-0.25, -0.2) is 18.2 Å². The number of sulfonamides is 1. The number of pyridine rings is 1. The first-order valence-corrected chi connectivity index (χ1v) is 11.8. The van der Waals surface area contributed by atoms with Crippen LogP contribution in [-0.2, 0) is 19.6 Å². The number of carbonyl (C=O) groups excluding carboxylic acids is 2. The summed E-state index contributed by atoms with van der Waals surface area (Å²) in [5.74, 6) is -1.10. The molecule has 1 aliphatic heterocycles. The van der Waals surface area contributed by atoms with E-state index in [4.69, 9.17) is 16.3 Å². The zero-order valence-corrected chi connectivity index (χ0v) is 18.7. The van der Waals surface area contributed by atoms with E-state index in [1.165, 1.54) is 47.8 Å². The summed E-state index contributed by atoms with van der Waals surface area (Å²) in [6, 6.07) is 8.77. The van der Waals surface area contributed by atoms with Crippen LogP contribution >= 0.6 is 11.6 Å². The van der Waals surface area contributed by atoms with E-state index < -0.39 is 28.0 Å². The van der Waals surface area contributed by atoms with Crippen LogP contribution < -0.4 is 5.32 Å². The molecule has 1 aromatic carbocycles. The van der Waals surface area contributed by atoms with Crippen molar-refractivity contribution in [1.29, 1.82) is 0 Å². The number of anilines is 1. The molecule has 0 aliphatic carbocycles. The number of ether oxygens (including phenoxy) is 1. The maximum absolute atomic E-state index is 13.0. The lowest BCUT2D eigenvalue weighted by atomic mass is 10.2. The molecular weight excluding hydrogens is 442 g/mol. The number of rotatable bonds is 6. The second-order valence-corrected chi connectivity index (χ2v) is 9.62. The maximum atomic E-state index is 13.0. The van der Waals surface area contributed by atoms with Gasteiger partial charge in [-0.3, -0.25) is 4.79 Å². The number of esters is 1. The molecule has 2 aromatic rings. The van der Waals surface area contributed by atoms with Crippen molar-refractivity contribution in [2.45, 2.75) is 43.6 Å². The largest absolute Gasteiger partial charge is 0.449 e. The number of amides is 1. The Kier molecular flexibility index (Phi) is 7.64. The minimum atomic E-state index is -3.70. The molecule has 0 saturated carbocycles. The van der Waals surface area contributed by atoms with Crippen LogP contribution in [0.2, 0.25) is 5.02 Å². The molecule has 1 atom stereocenters. The van der Waals surface area contributed by atoms with E-state index in [9.17, 15) is 18.0 Å². The number of aromatic nitrogens is 1. The number of hydrogen-bond donors (Lipinski definition) is 1. The van der Waals surface area contributed by atoms with E-state index in [1.54, 1.807) is 6.07 Å². The number of nitrogens with zero attached hydrogens (tertiary/aromatic N) is 2. The number of carbonyl (C=O) groups is 2. The van der Waals surface area contributed by atoms with Crippen LogP contribution in [-0.4, -0.2) is 48.8 Å². The monoisotopic (exact) mass is 465 g/mol. The average molecular weight is 466 g/mol. The van der Waals surface area contributed by atoms with E-state index in [2.05, 4.69) is 10.3 Å².